The molecular formula is C28H25F3N2O4S. The maximum atomic E-state index is 13.5. The Bertz CT molecular complexity index is 1530. The average Bonchev–Trinajstić information content (AvgIpc) is 2.90. The molecule has 0 radical (unpaired) electrons. The molecule has 198 valence electrons. The fourth-order valence-corrected chi connectivity index (χ4v) is 5.84. The van der Waals surface area contributed by atoms with Crippen molar-refractivity contribution in [3.8, 4) is 0 Å². The first-order valence-electron chi connectivity index (χ1n) is 11.9. The number of aryl methyl sites for hydroxylation is 1. The minimum Gasteiger partial charge on any atom is -0.258 e. The molecule has 0 aliphatic carbocycles. The summed E-state index contributed by atoms with van der Waals surface area (Å²) in [5.74, 6) is 0. The Kier molecular flexibility index (Phi) is 8.13. The number of non-ortho nitro benzene ring substituents is 1. The van der Waals surface area contributed by atoms with E-state index in [-0.39, 0.29) is 30.1 Å². The number of nitro benzene ring substituents is 1. The highest BCUT2D eigenvalue weighted by molar-refractivity contribution is 7.89. The Morgan fingerprint density at radius 3 is 2.21 bits per heavy atom. The van der Waals surface area contributed by atoms with Gasteiger partial charge in [0.1, 0.15) is 0 Å². The molecular weight excluding hydrogens is 517 g/mol. The molecule has 0 atom stereocenters. The molecule has 0 spiro atoms. The van der Waals surface area contributed by atoms with E-state index in [4.69, 9.17) is 0 Å². The molecule has 38 heavy (non-hydrogen) atoms. The monoisotopic (exact) mass is 542 g/mol. The zero-order chi connectivity index (χ0) is 27.3. The lowest BCUT2D eigenvalue weighted by Gasteiger charge is -2.23. The topological polar surface area (TPSA) is 80.5 Å². The molecule has 0 unspecified atom stereocenters. The number of nitrogens with zero attached hydrogens (tertiary/aromatic N) is 2. The van der Waals surface area contributed by atoms with Crippen molar-refractivity contribution >= 4 is 26.5 Å². The third-order valence-corrected chi connectivity index (χ3v) is 8.24. The number of sulfonamides is 1. The second-order valence-electron chi connectivity index (χ2n) is 8.85. The van der Waals surface area contributed by atoms with Gasteiger partial charge in [0, 0.05) is 25.2 Å². The van der Waals surface area contributed by atoms with Crippen LogP contribution in [-0.4, -0.2) is 30.7 Å². The number of rotatable bonds is 10. The van der Waals surface area contributed by atoms with Gasteiger partial charge in [0.25, 0.3) is 5.69 Å². The summed E-state index contributed by atoms with van der Waals surface area (Å²) in [7, 11) is -4.02. The summed E-state index contributed by atoms with van der Waals surface area (Å²) in [4.78, 5) is 10.3. The molecule has 0 fully saturated rings. The Morgan fingerprint density at radius 2 is 1.50 bits per heavy atom. The summed E-state index contributed by atoms with van der Waals surface area (Å²) in [6.45, 7) is 0.205. The van der Waals surface area contributed by atoms with Gasteiger partial charge in [-0.1, -0.05) is 60.7 Å². The van der Waals surface area contributed by atoms with Crippen molar-refractivity contribution in [2.75, 3.05) is 13.1 Å². The van der Waals surface area contributed by atoms with Gasteiger partial charge in [-0.25, -0.2) is 8.42 Å². The van der Waals surface area contributed by atoms with Gasteiger partial charge in [0.15, 0.2) is 0 Å². The SMILES string of the molecule is O=[N+]([O-])c1ccc(S(=O)(=O)N(CCCc2cccc(C(F)(F)F)c2)CCc2cccc3ccccc23)cc1. The van der Waals surface area contributed by atoms with Gasteiger partial charge < -0.3 is 0 Å². The summed E-state index contributed by atoms with van der Waals surface area (Å²) >= 11 is 0. The molecule has 0 saturated heterocycles. The third-order valence-electron chi connectivity index (χ3n) is 6.32. The van der Waals surface area contributed by atoms with Crippen molar-refractivity contribution in [2.24, 2.45) is 0 Å². The first-order valence-corrected chi connectivity index (χ1v) is 13.4. The first-order chi connectivity index (χ1) is 18.1. The minimum atomic E-state index is -4.46. The molecule has 0 N–H and O–H groups in total. The van der Waals surface area contributed by atoms with E-state index in [1.807, 2.05) is 42.5 Å². The van der Waals surface area contributed by atoms with Crippen molar-refractivity contribution in [3.05, 3.63) is 118 Å². The van der Waals surface area contributed by atoms with E-state index < -0.39 is 26.7 Å². The summed E-state index contributed by atoms with van der Waals surface area (Å²) in [6.07, 6.45) is -3.50. The lowest BCUT2D eigenvalue weighted by molar-refractivity contribution is -0.384. The quantitative estimate of drug-likeness (QED) is 0.166. The normalized spacial score (nSPS) is 12.2. The Morgan fingerprint density at radius 1 is 0.816 bits per heavy atom. The summed E-state index contributed by atoms with van der Waals surface area (Å²) in [5.41, 5.74) is 0.448. The molecule has 0 saturated carbocycles. The predicted octanol–water partition coefficient (Wildman–Crippen LogP) is 6.63. The Hall–Kier alpha value is -3.76. The molecule has 6 nitrogen and oxygen atoms in total. The molecule has 0 aliphatic rings. The van der Waals surface area contributed by atoms with Gasteiger partial charge in [-0.05, 0) is 59.4 Å². The highest BCUT2D eigenvalue weighted by Crippen LogP contribution is 2.30. The number of benzene rings is 4. The molecule has 0 bridgehead atoms. The van der Waals surface area contributed by atoms with Gasteiger partial charge in [0.2, 0.25) is 10.0 Å². The fraction of sp³-hybridized carbons (Fsp3) is 0.214. The highest BCUT2D eigenvalue weighted by atomic mass is 32.2. The van der Waals surface area contributed by atoms with Crippen LogP contribution in [0.2, 0.25) is 0 Å². The van der Waals surface area contributed by atoms with Crippen LogP contribution in [-0.2, 0) is 29.0 Å². The van der Waals surface area contributed by atoms with Gasteiger partial charge in [-0.2, -0.15) is 17.5 Å². The number of hydrogen-bond acceptors (Lipinski definition) is 4. The summed E-state index contributed by atoms with van der Waals surface area (Å²) in [5, 5.41) is 13.0. The molecule has 0 aromatic heterocycles. The number of fused-ring (bicyclic) bond motifs is 1. The number of alkyl halides is 3. The molecule has 4 rings (SSSR count). The van der Waals surface area contributed by atoms with Crippen LogP contribution in [0.5, 0.6) is 0 Å². The second kappa shape index (κ2) is 11.3. The van der Waals surface area contributed by atoms with Crippen LogP contribution < -0.4 is 0 Å². The lowest BCUT2D eigenvalue weighted by Crippen LogP contribution is -2.34. The largest absolute Gasteiger partial charge is 0.416 e. The second-order valence-corrected chi connectivity index (χ2v) is 10.8. The minimum absolute atomic E-state index is 0.0698. The first kappa shape index (κ1) is 27.3. The Labute approximate surface area is 218 Å². The average molecular weight is 543 g/mol. The van der Waals surface area contributed by atoms with Gasteiger partial charge in [0.05, 0.1) is 15.4 Å². The fourth-order valence-electron chi connectivity index (χ4n) is 4.36. The van der Waals surface area contributed by atoms with Crippen molar-refractivity contribution in [1.82, 2.24) is 4.31 Å². The maximum absolute atomic E-state index is 13.5. The van der Waals surface area contributed by atoms with Crippen LogP contribution in [0.25, 0.3) is 10.8 Å². The Balaban J connectivity index is 1.56. The molecule has 4 aromatic carbocycles. The van der Waals surface area contributed by atoms with Gasteiger partial charge in [-0.3, -0.25) is 10.1 Å². The van der Waals surface area contributed by atoms with Crippen LogP contribution in [0.15, 0.2) is 95.9 Å². The van der Waals surface area contributed by atoms with Crippen LogP contribution >= 0.6 is 0 Å². The molecule has 0 heterocycles. The van der Waals surface area contributed by atoms with E-state index in [0.29, 0.717) is 18.4 Å². The zero-order valence-electron chi connectivity index (χ0n) is 20.3. The zero-order valence-corrected chi connectivity index (χ0v) is 21.1. The smallest absolute Gasteiger partial charge is 0.258 e. The van der Waals surface area contributed by atoms with E-state index in [1.165, 1.54) is 22.5 Å². The number of halogens is 3. The lowest BCUT2D eigenvalue weighted by atomic mass is 10.0. The van der Waals surface area contributed by atoms with E-state index in [9.17, 15) is 31.7 Å². The van der Waals surface area contributed by atoms with E-state index in [0.717, 1.165) is 40.6 Å². The standard InChI is InChI=1S/C28H25F3N2O4S/c29-28(30,31)24-11-3-6-21(20-24)7-5-18-32(38(36,37)26-15-13-25(14-16-26)33(34)35)19-17-23-10-4-9-22-8-1-2-12-27(22)23/h1-4,6,8-16,20H,5,7,17-19H2. The molecule has 0 aliphatic heterocycles. The predicted molar refractivity (Wildman–Crippen MR) is 139 cm³/mol. The maximum Gasteiger partial charge on any atom is 0.416 e. The van der Waals surface area contributed by atoms with Crippen LogP contribution in [0.4, 0.5) is 18.9 Å². The van der Waals surface area contributed by atoms with Crippen LogP contribution in [0, 0.1) is 10.1 Å². The van der Waals surface area contributed by atoms with Gasteiger partial charge >= 0.3 is 6.18 Å². The molecule has 4 aromatic rings. The van der Waals surface area contributed by atoms with Crippen molar-refractivity contribution in [2.45, 2.75) is 30.3 Å². The third kappa shape index (κ3) is 6.38. The van der Waals surface area contributed by atoms with E-state index in [1.54, 1.807) is 6.07 Å². The van der Waals surface area contributed by atoms with E-state index in [2.05, 4.69) is 0 Å². The highest BCUT2D eigenvalue weighted by Gasteiger charge is 2.30. The molecule has 0 amide bonds. The van der Waals surface area contributed by atoms with Crippen molar-refractivity contribution < 1.29 is 26.5 Å². The van der Waals surface area contributed by atoms with Crippen molar-refractivity contribution in [1.29, 1.82) is 0 Å². The number of hydrogen-bond donors (Lipinski definition) is 0. The summed E-state index contributed by atoms with van der Waals surface area (Å²) in [6, 6.07) is 23.2. The molecule has 10 heteroatoms. The van der Waals surface area contributed by atoms with Crippen LogP contribution in [0.3, 0.4) is 0 Å². The van der Waals surface area contributed by atoms with Crippen molar-refractivity contribution in [3.63, 3.8) is 0 Å². The van der Waals surface area contributed by atoms with Crippen LogP contribution in [0.1, 0.15) is 23.1 Å². The number of nitro groups is 1. The van der Waals surface area contributed by atoms with E-state index >= 15 is 0 Å². The van der Waals surface area contributed by atoms with Gasteiger partial charge in [-0.15, -0.1) is 0 Å². The summed E-state index contributed by atoms with van der Waals surface area (Å²) < 4.78 is 67.6.